The highest BCUT2D eigenvalue weighted by Crippen LogP contribution is 2.47. The Balaban J connectivity index is 2.07. The van der Waals surface area contributed by atoms with Gasteiger partial charge in [0.15, 0.2) is 0 Å². The van der Waals surface area contributed by atoms with Crippen LogP contribution in [0.5, 0.6) is 0 Å². The smallest absolute Gasteiger partial charge is 0.339 e. The molecule has 0 fully saturated rings. The number of carbonyl (C=O) groups excluding carboxylic acids is 2. The summed E-state index contributed by atoms with van der Waals surface area (Å²) in [6.45, 7) is 6.43. The zero-order chi connectivity index (χ0) is 25.4. The van der Waals surface area contributed by atoms with Crippen LogP contribution < -0.4 is 0 Å². The first-order valence-corrected chi connectivity index (χ1v) is 12.6. The van der Waals surface area contributed by atoms with E-state index in [9.17, 15) is 14.9 Å². The fourth-order valence-electron chi connectivity index (χ4n) is 5.03. The maximum Gasteiger partial charge on any atom is 0.339 e. The summed E-state index contributed by atoms with van der Waals surface area (Å²) in [5.74, 6) is -0.836. The molecular formula is C30H34N2O3. The van der Waals surface area contributed by atoms with E-state index in [0.29, 0.717) is 28.5 Å². The molecule has 182 valence electrons. The van der Waals surface area contributed by atoms with Crippen LogP contribution >= 0.6 is 0 Å². The van der Waals surface area contributed by atoms with Crippen LogP contribution in [0.4, 0.5) is 0 Å². The van der Waals surface area contributed by atoms with Gasteiger partial charge in [-0.1, -0.05) is 76.4 Å². The summed E-state index contributed by atoms with van der Waals surface area (Å²) < 4.78 is 6.16. The number of esters is 1. The molecule has 5 heteroatoms. The Kier molecular flexibility index (Phi) is 9.14. The van der Waals surface area contributed by atoms with E-state index >= 15 is 0 Å². The molecule has 0 spiro atoms. The summed E-state index contributed by atoms with van der Waals surface area (Å²) in [6, 6.07) is 14.9. The van der Waals surface area contributed by atoms with Gasteiger partial charge in [-0.2, -0.15) is 5.26 Å². The summed E-state index contributed by atoms with van der Waals surface area (Å²) in [4.78, 5) is 26.1. The molecule has 5 nitrogen and oxygen atoms in total. The van der Waals surface area contributed by atoms with E-state index in [4.69, 9.17) is 10.1 Å². The number of nitriles is 1. The van der Waals surface area contributed by atoms with Gasteiger partial charge in [0.25, 0.3) is 0 Å². The van der Waals surface area contributed by atoms with Crippen LogP contribution in [0.2, 0.25) is 0 Å². The van der Waals surface area contributed by atoms with Gasteiger partial charge in [-0.15, -0.1) is 0 Å². The van der Waals surface area contributed by atoms with Crippen LogP contribution in [0.25, 0.3) is 16.7 Å². The van der Waals surface area contributed by atoms with Crippen molar-refractivity contribution in [2.24, 2.45) is 5.92 Å². The van der Waals surface area contributed by atoms with Crippen molar-refractivity contribution in [3.63, 3.8) is 0 Å². The number of nitrogens with one attached hydrogen (secondary N) is 1. The molecule has 1 aliphatic carbocycles. The van der Waals surface area contributed by atoms with Gasteiger partial charge >= 0.3 is 5.97 Å². The first-order chi connectivity index (χ1) is 17.0. The first kappa shape index (κ1) is 26.1. The predicted molar refractivity (Wildman–Crippen MR) is 139 cm³/mol. The van der Waals surface area contributed by atoms with E-state index in [-0.39, 0.29) is 17.6 Å². The number of unbranched alkanes of at least 4 members (excludes halogenated alkanes) is 3. The average molecular weight is 471 g/mol. The van der Waals surface area contributed by atoms with E-state index in [1.807, 2.05) is 42.5 Å². The van der Waals surface area contributed by atoms with Crippen LogP contribution in [0.15, 0.2) is 48.0 Å². The average Bonchev–Trinajstić information content (AvgIpc) is 3.22. The second-order valence-corrected chi connectivity index (χ2v) is 9.01. The fraction of sp³-hybridized carbons (Fsp3) is 0.400. The fourth-order valence-corrected chi connectivity index (χ4v) is 5.03. The first-order valence-electron chi connectivity index (χ1n) is 12.6. The molecule has 0 aliphatic heterocycles. The number of ketones is 1. The van der Waals surface area contributed by atoms with Crippen molar-refractivity contribution in [2.45, 2.75) is 71.8 Å². The number of hydrogen-bond donors (Lipinski definition) is 1. The second-order valence-electron chi connectivity index (χ2n) is 9.01. The van der Waals surface area contributed by atoms with Crippen molar-refractivity contribution >= 4 is 23.5 Å². The molecule has 0 saturated carbocycles. The molecule has 0 aromatic heterocycles. The number of nitrogens with zero attached hydrogens (tertiary/aromatic N) is 1. The Morgan fingerprint density at radius 3 is 2.29 bits per heavy atom. The molecule has 0 bridgehead atoms. The van der Waals surface area contributed by atoms with Crippen LogP contribution in [0.1, 0.15) is 87.2 Å². The highest BCUT2D eigenvalue weighted by atomic mass is 16.5. The maximum atomic E-state index is 13.6. The number of carbonyl (C=O) groups is 2. The lowest BCUT2D eigenvalue weighted by Crippen LogP contribution is -2.27. The summed E-state index contributed by atoms with van der Waals surface area (Å²) >= 11 is 0. The third-order valence-electron chi connectivity index (χ3n) is 6.94. The standard InChI is InChI=1S/C30H34N2O3/c1-4-7-8-9-17-27(20(5-2)6-3)35-30(34)24-16-12-15-23-21-13-10-11-14-22(21)29(28(23)24)25(18-31)26(33)19-32/h10-16,19-20,27,32H,4-9,17H2,1-3H3. The van der Waals surface area contributed by atoms with Crippen molar-refractivity contribution < 1.29 is 14.3 Å². The Morgan fingerprint density at radius 2 is 1.66 bits per heavy atom. The van der Waals surface area contributed by atoms with Gasteiger partial charge < -0.3 is 10.1 Å². The summed E-state index contributed by atoms with van der Waals surface area (Å²) in [7, 11) is 0. The van der Waals surface area contributed by atoms with Crippen molar-refractivity contribution in [2.75, 3.05) is 0 Å². The van der Waals surface area contributed by atoms with Crippen LogP contribution in [0.3, 0.4) is 0 Å². The molecule has 1 aliphatic rings. The third kappa shape index (κ3) is 5.43. The largest absolute Gasteiger partial charge is 0.458 e. The number of ether oxygens (including phenoxy) is 1. The molecule has 0 heterocycles. The molecule has 2 aromatic rings. The third-order valence-corrected chi connectivity index (χ3v) is 6.94. The van der Waals surface area contributed by atoms with Crippen molar-refractivity contribution in [1.29, 1.82) is 10.7 Å². The molecule has 0 amide bonds. The van der Waals surface area contributed by atoms with Gasteiger partial charge in [0.1, 0.15) is 17.7 Å². The highest BCUT2D eigenvalue weighted by Gasteiger charge is 2.33. The molecule has 2 aromatic carbocycles. The number of fused-ring (bicyclic) bond motifs is 3. The summed E-state index contributed by atoms with van der Waals surface area (Å²) in [6.07, 6.45) is 7.59. The highest BCUT2D eigenvalue weighted by molar-refractivity contribution is 6.38. The second kappa shape index (κ2) is 12.3. The molecule has 1 atom stereocenters. The minimum absolute atomic E-state index is 0.137. The van der Waals surface area contributed by atoms with Gasteiger partial charge in [0.2, 0.25) is 5.78 Å². The van der Waals surface area contributed by atoms with Gasteiger partial charge in [0.05, 0.1) is 11.8 Å². The molecule has 0 radical (unpaired) electrons. The lowest BCUT2D eigenvalue weighted by atomic mass is 9.91. The number of allylic oxidation sites excluding steroid dienone is 1. The number of benzene rings is 2. The van der Waals surface area contributed by atoms with Crippen molar-refractivity contribution in [3.05, 3.63) is 64.7 Å². The maximum absolute atomic E-state index is 13.6. The van der Waals surface area contributed by atoms with Crippen LogP contribution in [-0.4, -0.2) is 24.1 Å². The van der Waals surface area contributed by atoms with Gasteiger partial charge in [-0.05, 0) is 54.4 Å². The molecule has 1 unspecified atom stereocenters. The Bertz CT molecular complexity index is 1170. The van der Waals surface area contributed by atoms with E-state index < -0.39 is 11.8 Å². The summed E-state index contributed by atoms with van der Waals surface area (Å²) in [5, 5.41) is 17.3. The summed E-state index contributed by atoms with van der Waals surface area (Å²) in [5.41, 5.74) is 3.52. The monoisotopic (exact) mass is 470 g/mol. The van der Waals surface area contributed by atoms with E-state index in [1.165, 1.54) is 6.42 Å². The Labute approximate surface area is 208 Å². The van der Waals surface area contributed by atoms with Gasteiger partial charge in [0, 0.05) is 11.1 Å². The van der Waals surface area contributed by atoms with Crippen molar-refractivity contribution in [1.82, 2.24) is 0 Å². The van der Waals surface area contributed by atoms with Crippen molar-refractivity contribution in [3.8, 4) is 17.2 Å². The molecular weight excluding hydrogens is 436 g/mol. The predicted octanol–water partition coefficient (Wildman–Crippen LogP) is 7.14. The zero-order valence-electron chi connectivity index (χ0n) is 20.9. The Hall–Kier alpha value is -3.52. The minimum atomic E-state index is -0.681. The Morgan fingerprint density at radius 1 is 0.971 bits per heavy atom. The number of rotatable bonds is 12. The molecule has 1 N–H and O–H groups in total. The van der Waals surface area contributed by atoms with E-state index in [0.717, 1.165) is 49.7 Å². The molecule has 35 heavy (non-hydrogen) atoms. The number of hydrogen-bond acceptors (Lipinski definition) is 5. The lowest BCUT2D eigenvalue weighted by molar-refractivity contribution is -0.109. The van der Waals surface area contributed by atoms with Gasteiger partial charge in [-0.25, -0.2) is 4.79 Å². The minimum Gasteiger partial charge on any atom is -0.458 e. The molecule has 0 saturated heterocycles. The molecule has 3 rings (SSSR count). The normalized spacial score (nSPS) is 14.0. The van der Waals surface area contributed by atoms with Crippen LogP contribution in [-0.2, 0) is 9.53 Å². The SMILES string of the molecule is CCCCCCC(OC(=O)c1cccc2c1C(=C(C#N)C(=O)C=N)c1ccccc1-2)C(CC)CC. The zero-order valence-corrected chi connectivity index (χ0v) is 20.9. The van der Waals surface area contributed by atoms with Gasteiger partial charge in [-0.3, -0.25) is 4.79 Å². The quantitative estimate of drug-likeness (QED) is 0.100. The topological polar surface area (TPSA) is 91.0 Å². The van der Waals surface area contributed by atoms with Crippen LogP contribution in [0, 0.1) is 22.7 Å². The van der Waals surface area contributed by atoms with E-state index in [1.54, 1.807) is 6.07 Å². The lowest BCUT2D eigenvalue weighted by Gasteiger charge is -2.26. The van der Waals surface area contributed by atoms with E-state index in [2.05, 4.69) is 20.8 Å². The number of Topliss-reactive ketones (excluding diaryl/α,β-unsaturated/α-hetero) is 1.